The molecule has 20 heavy (non-hydrogen) atoms. The quantitative estimate of drug-likeness (QED) is 0.755. The number of nitrogens with one attached hydrogen (secondary N) is 1. The summed E-state index contributed by atoms with van der Waals surface area (Å²) in [5.41, 5.74) is 1.23. The molecule has 0 aliphatic heterocycles. The van der Waals surface area contributed by atoms with E-state index in [4.69, 9.17) is 10.00 Å². The Morgan fingerprint density at radius 3 is 2.40 bits per heavy atom. The van der Waals surface area contributed by atoms with Crippen LogP contribution in [0.3, 0.4) is 0 Å². The summed E-state index contributed by atoms with van der Waals surface area (Å²) in [5, 5.41) is 12.0. The number of nitriles is 1. The number of hydrogen-bond acceptors (Lipinski definition) is 4. The molecule has 0 aliphatic carbocycles. The lowest BCUT2D eigenvalue weighted by atomic mass is 10.0. The molecule has 0 bridgehead atoms. The predicted octanol–water partition coefficient (Wildman–Crippen LogP) is 3.60. The summed E-state index contributed by atoms with van der Waals surface area (Å²) in [7, 11) is 0. The maximum Gasteiger partial charge on any atom is 0.174 e. The van der Waals surface area contributed by atoms with Crippen molar-refractivity contribution in [1.29, 1.82) is 5.26 Å². The molecular weight excluding hydrogens is 268 g/mol. The summed E-state index contributed by atoms with van der Waals surface area (Å²) in [5.74, 6) is 0.746. The third-order valence-electron chi connectivity index (χ3n) is 3.72. The molecule has 0 fully saturated rings. The highest BCUT2D eigenvalue weighted by atomic mass is 32.2. The molecule has 110 valence electrons. The summed E-state index contributed by atoms with van der Waals surface area (Å²) in [6.07, 6.45) is 4.55. The van der Waals surface area contributed by atoms with Crippen LogP contribution in [0.1, 0.15) is 32.3 Å². The molecule has 3 nitrogen and oxygen atoms in total. The summed E-state index contributed by atoms with van der Waals surface area (Å²) < 4.78 is 5.58. The normalized spacial score (nSPS) is 11.1. The first-order valence-electron chi connectivity index (χ1n) is 7.04. The van der Waals surface area contributed by atoms with Gasteiger partial charge >= 0.3 is 0 Å². The number of thioether (sulfide) groups is 1. The van der Waals surface area contributed by atoms with Gasteiger partial charge in [0, 0.05) is 17.8 Å². The van der Waals surface area contributed by atoms with Gasteiger partial charge in [-0.1, -0.05) is 26.0 Å². The van der Waals surface area contributed by atoms with Crippen molar-refractivity contribution in [2.45, 2.75) is 38.0 Å². The number of hydrogen-bond donors (Lipinski definition) is 1. The zero-order chi connectivity index (χ0) is 14.8. The second kappa shape index (κ2) is 8.89. The third kappa shape index (κ3) is 5.07. The maximum atomic E-state index is 8.46. The van der Waals surface area contributed by atoms with Crippen molar-refractivity contribution in [2.24, 2.45) is 0 Å². The van der Waals surface area contributed by atoms with E-state index in [1.165, 1.54) is 18.4 Å². The highest BCUT2D eigenvalue weighted by molar-refractivity contribution is 8.00. The summed E-state index contributed by atoms with van der Waals surface area (Å²) in [4.78, 5) is 0. The number of benzene rings is 1. The van der Waals surface area contributed by atoms with Gasteiger partial charge in [-0.25, -0.2) is 0 Å². The summed E-state index contributed by atoms with van der Waals surface area (Å²) in [6, 6.07) is 9.87. The number of rotatable bonds is 9. The van der Waals surface area contributed by atoms with Gasteiger partial charge in [0.1, 0.15) is 11.8 Å². The van der Waals surface area contributed by atoms with Crippen LogP contribution in [0, 0.1) is 11.3 Å². The van der Waals surface area contributed by atoms with Gasteiger partial charge in [-0.3, -0.25) is 0 Å². The van der Waals surface area contributed by atoms with Crippen LogP contribution in [0.25, 0.3) is 0 Å². The average molecular weight is 292 g/mol. The van der Waals surface area contributed by atoms with Gasteiger partial charge < -0.3 is 10.1 Å². The van der Waals surface area contributed by atoms with E-state index < -0.39 is 0 Å². The Labute approximate surface area is 126 Å². The Bertz CT molecular complexity index is 413. The maximum absolute atomic E-state index is 8.46. The van der Waals surface area contributed by atoms with E-state index in [2.05, 4.69) is 25.4 Å². The molecule has 0 saturated heterocycles. The predicted molar refractivity (Wildman–Crippen MR) is 86.1 cm³/mol. The van der Waals surface area contributed by atoms with Crippen molar-refractivity contribution in [2.75, 3.05) is 19.4 Å². The van der Waals surface area contributed by atoms with Crippen LogP contribution in [0.5, 0.6) is 5.75 Å². The summed E-state index contributed by atoms with van der Waals surface area (Å²) >= 11 is 1.95. The van der Waals surface area contributed by atoms with Crippen molar-refractivity contribution < 1.29 is 4.74 Å². The van der Waals surface area contributed by atoms with E-state index in [0.29, 0.717) is 4.75 Å². The minimum atomic E-state index is 0.0981. The number of nitrogens with zero attached hydrogens (tertiary/aromatic N) is 1. The van der Waals surface area contributed by atoms with Gasteiger partial charge in [0.25, 0.3) is 0 Å². The van der Waals surface area contributed by atoms with Crippen molar-refractivity contribution in [3.63, 3.8) is 0 Å². The fraction of sp³-hybridized carbons (Fsp3) is 0.562. The van der Waals surface area contributed by atoms with E-state index in [1.807, 2.05) is 42.1 Å². The smallest absolute Gasteiger partial charge is 0.174 e. The van der Waals surface area contributed by atoms with Crippen LogP contribution in [0.2, 0.25) is 0 Å². The van der Waals surface area contributed by atoms with E-state index >= 15 is 0 Å². The molecule has 0 unspecified atom stereocenters. The summed E-state index contributed by atoms with van der Waals surface area (Å²) in [6.45, 7) is 6.49. The molecule has 1 N–H and O–H groups in total. The van der Waals surface area contributed by atoms with Crippen molar-refractivity contribution >= 4 is 11.8 Å². The molecule has 1 aromatic rings. The Morgan fingerprint density at radius 2 is 1.90 bits per heavy atom. The van der Waals surface area contributed by atoms with Crippen LogP contribution in [-0.2, 0) is 6.54 Å². The Kier molecular flexibility index (Phi) is 7.50. The molecule has 0 spiro atoms. The first-order chi connectivity index (χ1) is 9.69. The van der Waals surface area contributed by atoms with Gasteiger partial charge in [-0.15, -0.1) is 0 Å². The molecule has 0 aliphatic rings. The van der Waals surface area contributed by atoms with Crippen LogP contribution < -0.4 is 10.1 Å². The highest BCUT2D eigenvalue weighted by Crippen LogP contribution is 2.29. The van der Waals surface area contributed by atoms with Crippen LogP contribution >= 0.6 is 11.8 Å². The second-order valence-corrected chi connectivity index (χ2v) is 6.06. The molecule has 0 radical (unpaired) electrons. The fourth-order valence-corrected chi connectivity index (χ4v) is 2.94. The first-order valence-corrected chi connectivity index (χ1v) is 8.26. The molecule has 1 aromatic carbocycles. The molecule has 1 rings (SSSR count). The fourth-order valence-electron chi connectivity index (χ4n) is 2.11. The van der Waals surface area contributed by atoms with Crippen LogP contribution in [-0.4, -0.2) is 24.2 Å². The molecule has 0 amide bonds. The van der Waals surface area contributed by atoms with E-state index in [-0.39, 0.29) is 6.61 Å². The molecular formula is C16H24N2OS. The highest BCUT2D eigenvalue weighted by Gasteiger charge is 2.23. The van der Waals surface area contributed by atoms with Crippen molar-refractivity contribution in [1.82, 2.24) is 5.32 Å². The minimum Gasteiger partial charge on any atom is -0.479 e. The van der Waals surface area contributed by atoms with E-state index in [9.17, 15) is 0 Å². The third-order valence-corrected chi connectivity index (χ3v) is 5.31. The van der Waals surface area contributed by atoms with Gasteiger partial charge in [0.2, 0.25) is 0 Å². The Balaban J connectivity index is 2.44. The molecule has 0 saturated carbocycles. The van der Waals surface area contributed by atoms with E-state index in [0.717, 1.165) is 18.8 Å². The first kappa shape index (κ1) is 16.9. The van der Waals surface area contributed by atoms with Crippen LogP contribution in [0.15, 0.2) is 24.3 Å². The lowest BCUT2D eigenvalue weighted by Crippen LogP contribution is -2.36. The second-order valence-electron chi connectivity index (χ2n) is 4.79. The molecule has 4 heteroatoms. The monoisotopic (exact) mass is 292 g/mol. The minimum absolute atomic E-state index is 0.0981. The lowest BCUT2D eigenvalue weighted by molar-refractivity contribution is 0.368. The van der Waals surface area contributed by atoms with E-state index in [1.54, 1.807) is 0 Å². The van der Waals surface area contributed by atoms with Crippen LogP contribution in [0.4, 0.5) is 0 Å². The topological polar surface area (TPSA) is 45.0 Å². The molecule has 0 aromatic heterocycles. The van der Waals surface area contributed by atoms with Crippen molar-refractivity contribution in [3.8, 4) is 11.8 Å². The van der Waals surface area contributed by atoms with Gasteiger partial charge in [-0.2, -0.15) is 17.0 Å². The number of ether oxygens (including phenoxy) is 1. The zero-order valence-corrected chi connectivity index (χ0v) is 13.4. The Hall–Kier alpha value is -1.18. The van der Waals surface area contributed by atoms with Crippen molar-refractivity contribution in [3.05, 3.63) is 29.8 Å². The Morgan fingerprint density at radius 1 is 1.25 bits per heavy atom. The molecule has 0 atom stereocenters. The van der Waals surface area contributed by atoms with Gasteiger partial charge in [0.15, 0.2) is 6.61 Å². The largest absolute Gasteiger partial charge is 0.479 e. The van der Waals surface area contributed by atoms with Gasteiger partial charge in [-0.05, 0) is 36.8 Å². The standard InChI is InChI=1S/C16H24N2OS/c1-4-16(5-2,20-3)13-18-12-14-6-8-15(9-7-14)19-11-10-17/h6-9,18H,4-5,11-13H2,1-3H3. The average Bonchev–Trinajstić information content (AvgIpc) is 2.51. The SMILES string of the molecule is CCC(CC)(CNCc1ccc(OCC#N)cc1)SC. The molecule has 0 heterocycles. The lowest BCUT2D eigenvalue weighted by Gasteiger charge is -2.30. The zero-order valence-electron chi connectivity index (χ0n) is 12.6. The van der Waals surface area contributed by atoms with Gasteiger partial charge in [0.05, 0.1) is 0 Å².